The van der Waals surface area contributed by atoms with E-state index in [4.69, 9.17) is 0 Å². The van der Waals surface area contributed by atoms with Crippen molar-refractivity contribution in [2.45, 2.75) is 39.5 Å². The van der Waals surface area contributed by atoms with Crippen molar-refractivity contribution in [1.82, 2.24) is 15.2 Å². The molecule has 0 fully saturated rings. The van der Waals surface area contributed by atoms with Crippen molar-refractivity contribution < 1.29 is 4.79 Å². The summed E-state index contributed by atoms with van der Waals surface area (Å²) in [5.41, 5.74) is 4.52. The molecule has 0 aliphatic rings. The Morgan fingerprint density at radius 1 is 1.32 bits per heavy atom. The Balaban J connectivity index is 1.76. The lowest BCUT2D eigenvalue weighted by molar-refractivity contribution is 0.0959. The molecule has 0 spiro atoms. The number of aromatic nitrogens is 2. The molecule has 0 bridgehead atoms. The van der Waals surface area contributed by atoms with E-state index in [0.717, 1.165) is 34.4 Å². The summed E-state index contributed by atoms with van der Waals surface area (Å²) in [6.07, 6.45) is 6.14. The summed E-state index contributed by atoms with van der Waals surface area (Å²) in [5.74, 6) is -0.174. The Bertz CT molecular complexity index is 880. The second kappa shape index (κ2) is 8.07. The summed E-state index contributed by atoms with van der Waals surface area (Å²) < 4.78 is 1.89. The number of aryl methyl sites for hydroxylation is 1. The first-order valence-electron chi connectivity index (χ1n) is 8.57. The summed E-state index contributed by atoms with van der Waals surface area (Å²) >= 11 is 1.43. The number of carbonyl (C=O) groups excluding carboxylic acids is 1. The number of nitrogens with one attached hydrogen (secondary N) is 1. The third kappa shape index (κ3) is 3.96. The molecule has 2 heterocycles. The second-order valence-electron chi connectivity index (χ2n) is 5.91. The van der Waals surface area contributed by atoms with Crippen LogP contribution in [-0.4, -0.2) is 21.9 Å². The zero-order valence-corrected chi connectivity index (χ0v) is 15.3. The van der Waals surface area contributed by atoms with Crippen LogP contribution < -0.4 is 5.43 Å². The molecule has 1 amide bonds. The van der Waals surface area contributed by atoms with Crippen LogP contribution in [0.4, 0.5) is 0 Å². The highest BCUT2D eigenvalue weighted by molar-refractivity contribution is 7.20. The van der Waals surface area contributed by atoms with E-state index in [2.05, 4.69) is 22.5 Å². The predicted octanol–water partition coefficient (Wildman–Crippen LogP) is 4.69. The Morgan fingerprint density at radius 2 is 2.12 bits per heavy atom. The number of hydrogen-bond donors (Lipinski definition) is 1. The maximum absolute atomic E-state index is 12.3. The molecule has 130 valence electrons. The topological polar surface area (TPSA) is 59.3 Å². The number of hydrazone groups is 1. The molecule has 0 saturated heterocycles. The van der Waals surface area contributed by atoms with E-state index in [0.29, 0.717) is 4.88 Å². The number of fused-ring (bicyclic) bond motifs is 1. The lowest BCUT2D eigenvalue weighted by Crippen LogP contribution is -2.16. The number of rotatable bonds is 7. The molecule has 0 saturated carbocycles. The highest BCUT2D eigenvalue weighted by Crippen LogP contribution is 2.30. The van der Waals surface area contributed by atoms with Gasteiger partial charge in [0.15, 0.2) is 0 Å². The molecule has 3 rings (SSSR count). The van der Waals surface area contributed by atoms with Gasteiger partial charge in [-0.3, -0.25) is 4.79 Å². The average Bonchev–Trinajstić information content (AvgIpc) is 3.19. The molecule has 0 aliphatic carbocycles. The van der Waals surface area contributed by atoms with Crippen molar-refractivity contribution in [3.05, 3.63) is 47.0 Å². The smallest absolute Gasteiger partial charge is 0.266 e. The van der Waals surface area contributed by atoms with Crippen LogP contribution >= 0.6 is 11.3 Å². The summed E-state index contributed by atoms with van der Waals surface area (Å²) in [6.45, 7) is 4.13. The molecule has 2 aromatic heterocycles. The summed E-state index contributed by atoms with van der Waals surface area (Å²) in [6, 6.07) is 11.8. The minimum atomic E-state index is -0.174. The first-order chi connectivity index (χ1) is 12.2. The van der Waals surface area contributed by atoms with Crippen molar-refractivity contribution in [1.29, 1.82) is 0 Å². The molecule has 1 N–H and O–H groups in total. The lowest BCUT2D eigenvalue weighted by atomic mass is 10.2. The number of nitrogens with zero attached hydrogens (tertiary/aromatic N) is 3. The van der Waals surface area contributed by atoms with Gasteiger partial charge in [-0.1, -0.05) is 38.0 Å². The van der Waals surface area contributed by atoms with E-state index >= 15 is 0 Å². The molecule has 0 unspecified atom stereocenters. The Morgan fingerprint density at radius 3 is 2.88 bits per heavy atom. The van der Waals surface area contributed by atoms with Crippen LogP contribution in [0.2, 0.25) is 0 Å². The minimum absolute atomic E-state index is 0.174. The van der Waals surface area contributed by atoms with Gasteiger partial charge in [-0.25, -0.2) is 10.1 Å². The van der Waals surface area contributed by atoms with E-state index in [1.807, 2.05) is 48.0 Å². The molecule has 0 atom stereocenters. The van der Waals surface area contributed by atoms with Gasteiger partial charge >= 0.3 is 0 Å². The third-order valence-corrected chi connectivity index (χ3v) is 5.07. The van der Waals surface area contributed by atoms with Crippen molar-refractivity contribution in [2.24, 2.45) is 5.10 Å². The van der Waals surface area contributed by atoms with Gasteiger partial charge in [0, 0.05) is 11.6 Å². The Labute approximate surface area is 151 Å². The maximum atomic E-state index is 12.3. The average molecular weight is 354 g/mol. The van der Waals surface area contributed by atoms with Gasteiger partial charge in [0.1, 0.15) is 4.83 Å². The minimum Gasteiger partial charge on any atom is -0.266 e. The largest absolute Gasteiger partial charge is 0.281 e. The fourth-order valence-corrected chi connectivity index (χ4v) is 3.69. The molecule has 25 heavy (non-hydrogen) atoms. The predicted molar refractivity (Wildman–Crippen MR) is 104 cm³/mol. The van der Waals surface area contributed by atoms with Gasteiger partial charge in [-0.2, -0.15) is 10.2 Å². The number of benzene rings is 1. The summed E-state index contributed by atoms with van der Waals surface area (Å²) in [4.78, 5) is 13.9. The molecule has 3 aromatic rings. The third-order valence-electron chi connectivity index (χ3n) is 3.96. The van der Waals surface area contributed by atoms with Crippen molar-refractivity contribution in [3.8, 4) is 5.69 Å². The zero-order valence-electron chi connectivity index (χ0n) is 14.5. The number of thiophene rings is 1. The van der Waals surface area contributed by atoms with Crippen LogP contribution in [0.5, 0.6) is 0 Å². The lowest BCUT2D eigenvalue weighted by Gasteiger charge is -2.01. The summed E-state index contributed by atoms with van der Waals surface area (Å²) in [7, 11) is 0. The number of amides is 1. The first kappa shape index (κ1) is 17.4. The van der Waals surface area contributed by atoms with Crippen LogP contribution in [0.1, 0.15) is 48.0 Å². The number of unbranched alkanes of at least 4 members (excludes halogenated alkanes) is 3. The quantitative estimate of drug-likeness (QED) is 0.380. The zero-order chi connectivity index (χ0) is 17.6. The van der Waals surface area contributed by atoms with Gasteiger partial charge in [-0.05, 0) is 38.0 Å². The van der Waals surface area contributed by atoms with Crippen LogP contribution in [0.25, 0.3) is 15.9 Å². The Hall–Kier alpha value is -2.47. The number of para-hydroxylation sites is 1. The highest BCUT2D eigenvalue weighted by atomic mass is 32.1. The van der Waals surface area contributed by atoms with Crippen LogP contribution in [-0.2, 0) is 0 Å². The molecule has 6 heteroatoms. The van der Waals surface area contributed by atoms with Gasteiger partial charge < -0.3 is 0 Å². The van der Waals surface area contributed by atoms with Gasteiger partial charge in [0.25, 0.3) is 5.91 Å². The van der Waals surface area contributed by atoms with Crippen molar-refractivity contribution in [2.75, 3.05) is 0 Å². The monoisotopic (exact) mass is 354 g/mol. The van der Waals surface area contributed by atoms with Gasteiger partial charge in [0.05, 0.1) is 16.3 Å². The van der Waals surface area contributed by atoms with Gasteiger partial charge in [0.2, 0.25) is 0 Å². The van der Waals surface area contributed by atoms with E-state index in [1.165, 1.54) is 24.2 Å². The summed E-state index contributed by atoms with van der Waals surface area (Å²) in [5, 5.41) is 9.63. The van der Waals surface area contributed by atoms with E-state index in [9.17, 15) is 4.79 Å². The van der Waals surface area contributed by atoms with E-state index < -0.39 is 0 Å². The number of carbonyl (C=O) groups is 1. The van der Waals surface area contributed by atoms with Crippen molar-refractivity contribution >= 4 is 33.7 Å². The van der Waals surface area contributed by atoms with Crippen molar-refractivity contribution in [3.63, 3.8) is 0 Å². The van der Waals surface area contributed by atoms with Gasteiger partial charge in [-0.15, -0.1) is 11.3 Å². The first-order valence-corrected chi connectivity index (χ1v) is 9.38. The molecule has 0 radical (unpaired) electrons. The van der Waals surface area contributed by atoms with Crippen LogP contribution in [0.15, 0.2) is 41.5 Å². The fourth-order valence-electron chi connectivity index (χ4n) is 2.61. The Kier molecular flexibility index (Phi) is 5.60. The molecular formula is C19H22N4OS. The second-order valence-corrected chi connectivity index (χ2v) is 6.94. The fraction of sp³-hybridized carbons (Fsp3) is 0.316. The van der Waals surface area contributed by atoms with Crippen LogP contribution in [0, 0.1) is 6.92 Å². The standard InChI is InChI=1S/C19H22N4OS/c1-3-4-5-9-12-20-21-18(24)17-13-16-14(2)22-23(19(16)25-17)15-10-7-6-8-11-15/h6-8,10-13H,3-5,9H2,1-2H3,(H,21,24)/b20-12-. The molecular weight excluding hydrogens is 332 g/mol. The normalized spacial score (nSPS) is 11.4. The highest BCUT2D eigenvalue weighted by Gasteiger charge is 2.16. The van der Waals surface area contributed by atoms with Crippen LogP contribution in [0.3, 0.4) is 0 Å². The molecule has 5 nitrogen and oxygen atoms in total. The SMILES string of the molecule is CCCCC/C=N\NC(=O)c1cc2c(C)nn(-c3ccccc3)c2s1. The number of hydrogen-bond acceptors (Lipinski definition) is 4. The van der Waals surface area contributed by atoms with E-state index in [1.54, 1.807) is 6.21 Å². The molecule has 1 aromatic carbocycles. The maximum Gasteiger partial charge on any atom is 0.281 e. The molecule has 0 aliphatic heterocycles. The van der Waals surface area contributed by atoms with E-state index in [-0.39, 0.29) is 5.91 Å².